The van der Waals surface area contributed by atoms with Crippen molar-refractivity contribution in [2.24, 2.45) is 0 Å². The van der Waals surface area contributed by atoms with Crippen LogP contribution in [0.15, 0.2) is 41.3 Å². The molecule has 4 rings (SSSR count). The zero-order valence-corrected chi connectivity index (χ0v) is 20.7. The molecule has 0 fully saturated rings. The molecule has 1 heterocycles. The van der Waals surface area contributed by atoms with Crippen LogP contribution in [0.4, 0.5) is 39.5 Å². The number of alkyl halides is 4. The molecule has 3 aromatic rings. The summed E-state index contributed by atoms with van der Waals surface area (Å²) in [5.74, 6) is -15.3. The van der Waals surface area contributed by atoms with Crippen LogP contribution in [0, 0.1) is 29.1 Å². The van der Waals surface area contributed by atoms with E-state index in [1.54, 1.807) is 0 Å². The van der Waals surface area contributed by atoms with Crippen molar-refractivity contribution in [3.05, 3.63) is 82.2 Å². The van der Waals surface area contributed by atoms with E-state index in [-0.39, 0.29) is 48.7 Å². The third-order valence-electron chi connectivity index (χ3n) is 5.93. The van der Waals surface area contributed by atoms with Gasteiger partial charge < -0.3 is 13.7 Å². The average Bonchev–Trinajstić information content (AvgIpc) is 2.92. The van der Waals surface area contributed by atoms with E-state index >= 15 is 0 Å². The van der Waals surface area contributed by atoms with Crippen molar-refractivity contribution in [1.82, 2.24) is 0 Å². The van der Waals surface area contributed by atoms with Gasteiger partial charge in [-0.05, 0) is 24.6 Å². The SMILES string of the molecule is O=S(=O)(Oc1c(F)c(F)c(F)c(F)c1F)c1ccc2c(c1)OCCC2c1ccc(C(F)(F)F)cc1OCCCF. The maximum atomic E-state index is 14.0. The molecule has 0 saturated carbocycles. The number of ether oxygens (including phenoxy) is 2. The molecule has 1 atom stereocenters. The third-order valence-corrected chi connectivity index (χ3v) is 7.14. The summed E-state index contributed by atoms with van der Waals surface area (Å²) >= 11 is 0. The molecule has 1 aliphatic rings. The number of rotatable bonds is 8. The fourth-order valence-corrected chi connectivity index (χ4v) is 4.97. The molecule has 0 spiro atoms. The Hall–Kier alpha value is -3.62. The van der Waals surface area contributed by atoms with E-state index in [4.69, 9.17) is 9.47 Å². The lowest BCUT2D eigenvalue weighted by molar-refractivity contribution is -0.137. The molecule has 0 aliphatic carbocycles. The van der Waals surface area contributed by atoms with Gasteiger partial charge in [-0.2, -0.15) is 30.4 Å². The van der Waals surface area contributed by atoms with Gasteiger partial charge in [-0.25, -0.2) is 13.2 Å². The van der Waals surface area contributed by atoms with E-state index < -0.39 is 74.2 Å². The van der Waals surface area contributed by atoms with Crippen molar-refractivity contribution in [2.45, 2.75) is 29.8 Å². The van der Waals surface area contributed by atoms with Crippen LogP contribution in [0.3, 0.4) is 0 Å². The van der Waals surface area contributed by atoms with E-state index in [0.29, 0.717) is 0 Å². The topological polar surface area (TPSA) is 61.8 Å². The maximum absolute atomic E-state index is 14.0. The molecule has 5 nitrogen and oxygen atoms in total. The lowest BCUT2D eigenvalue weighted by Crippen LogP contribution is -2.19. The van der Waals surface area contributed by atoms with Crippen LogP contribution in [0.25, 0.3) is 0 Å². The highest BCUT2D eigenvalue weighted by Crippen LogP contribution is 2.44. The molecule has 1 aliphatic heterocycles. The van der Waals surface area contributed by atoms with Crippen LogP contribution in [0.1, 0.15) is 35.4 Å². The predicted molar refractivity (Wildman–Crippen MR) is 120 cm³/mol. The summed E-state index contributed by atoms with van der Waals surface area (Å²) in [7, 11) is -5.17. The molecule has 0 N–H and O–H groups in total. The van der Waals surface area contributed by atoms with Crippen LogP contribution in [0.2, 0.25) is 0 Å². The second kappa shape index (κ2) is 11.1. The molecule has 0 amide bonds. The second-order valence-corrected chi connectivity index (χ2v) is 10.0. The Morgan fingerprint density at radius 2 is 1.50 bits per heavy atom. The lowest BCUT2D eigenvalue weighted by atomic mass is 9.85. The first-order valence-electron chi connectivity index (χ1n) is 11.4. The Morgan fingerprint density at radius 1 is 0.875 bits per heavy atom. The minimum atomic E-state index is -5.17. The van der Waals surface area contributed by atoms with Gasteiger partial charge in [-0.3, -0.25) is 4.39 Å². The number of benzene rings is 3. The first kappa shape index (κ1) is 29.4. The molecule has 0 bridgehead atoms. The summed E-state index contributed by atoms with van der Waals surface area (Å²) in [4.78, 5) is -0.775. The molecular weight excluding hydrogens is 583 g/mol. The van der Waals surface area contributed by atoms with Crippen molar-refractivity contribution in [2.75, 3.05) is 19.9 Å². The van der Waals surface area contributed by atoms with Crippen molar-refractivity contribution in [3.8, 4) is 17.2 Å². The number of hydrogen-bond donors (Lipinski definition) is 0. The highest BCUT2D eigenvalue weighted by atomic mass is 32.2. The average molecular weight is 600 g/mol. The van der Waals surface area contributed by atoms with Crippen LogP contribution in [0.5, 0.6) is 17.2 Å². The first-order chi connectivity index (χ1) is 18.8. The summed E-state index contributed by atoms with van der Waals surface area (Å²) in [6.07, 6.45) is -4.56. The molecular formula is C25H17F9O5S. The second-order valence-electron chi connectivity index (χ2n) is 8.47. The molecule has 216 valence electrons. The normalized spacial score (nSPS) is 15.4. The monoisotopic (exact) mass is 600 g/mol. The van der Waals surface area contributed by atoms with Gasteiger partial charge >= 0.3 is 16.3 Å². The zero-order valence-electron chi connectivity index (χ0n) is 19.9. The minimum Gasteiger partial charge on any atom is -0.493 e. The molecule has 40 heavy (non-hydrogen) atoms. The van der Waals surface area contributed by atoms with Gasteiger partial charge in [0.15, 0.2) is 0 Å². The van der Waals surface area contributed by atoms with Crippen molar-refractivity contribution < 1.29 is 61.6 Å². The van der Waals surface area contributed by atoms with Crippen molar-refractivity contribution in [1.29, 1.82) is 0 Å². The van der Waals surface area contributed by atoms with E-state index in [2.05, 4.69) is 4.18 Å². The number of halogens is 9. The van der Waals surface area contributed by atoms with Gasteiger partial charge in [-0.15, -0.1) is 0 Å². The van der Waals surface area contributed by atoms with Crippen molar-refractivity contribution in [3.63, 3.8) is 0 Å². The van der Waals surface area contributed by atoms with Gasteiger partial charge in [0.25, 0.3) is 0 Å². The lowest BCUT2D eigenvalue weighted by Gasteiger charge is -2.28. The number of hydrogen-bond acceptors (Lipinski definition) is 5. The van der Waals surface area contributed by atoms with E-state index in [0.717, 1.165) is 24.3 Å². The highest BCUT2D eigenvalue weighted by Gasteiger charge is 2.35. The van der Waals surface area contributed by atoms with Gasteiger partial charge in [0.1, 0.15) is 16.4 Å². The summed E-state index contributed by atoms with van der Waals surface area (Å²) in [6, 6.07) is 5.72. The van der Waals surface area contributed by atoms with E-state index in [1.165, 1.54) is 12.1 Å². The van der Waals surface area contributed by atoms with Gasteiger partial charge in [0, 0.05) is 29.5 Å². The number of fused-ring (bicyclic) bond motifs is 1. The Kier molecular flexibility index (Phi) is 8.15. The summed E-state index contributed by atoms with van der Waals surface area (Å²) in [5, 5.41) is 0. The quantitative estimate of drug-likeness (QED) is 0.0934. The smallest absolute Gasteiger partial charge is 0.416 e. The fraction of sp³-hybridized carbons (Fsp3) is 0.280. The standard InChI is InChI=1S/C25H17F9O5S/c26-7-1-8-37-17-10-12(25(32,33)34)2-4-15(17)14-6-9-38-18-11-13(3-5-16(14)18)40(35,36)39-24-22(30)20(28)19(27)21(29)23(24)31/h2-5,10-11,14H,1,6-9H2. The highest BCUT2D eigenvalue weighted by molar-refractivity contribution is 7.87. The Balaban J connectivity index is 1.71. The van der Waals surface area contributed by atoms with Gasteiger partial charge in [0.05, 0.1) is 25.5 Å². The first-order valence-corrected chi connectivity index (χ1v) is 12.8. The minimum absolute atomic E-state index is 0.0510. The molecule has 0 saturated heterocycles. The Bertz CT molecular complexity index is 1510. The van der Waals surface area contributed by atoms with Crippen LogP contribution >= 0.6 is 0 Å². The summed E-state index contributed by atoms with van der Waals surface area (Å²) in [5.41, 5.74) is -0.452. The maximum Gasteiger partial charge on any atom is 0.416 e. The largest absolute Gasteiger partial charge is 0.493 e. The van der Waals surface area contributed by atoms with Crippen LogP contribution < -0.4 is 13.7 Å². The Morgan fingerprint density at radius 3 is 2.12 bits per heavy atom. The van der Waals surface area contributed by atoms with Crippen molar-refractivity contribution >= 4 is 10.1 Å². The van der Waals surface area contributed by atoms with Crippen LogP contribution in [-0.4, -0.2) is 28.3 Å². The molecule has 1 unspecified atom stereocenters. The Labute approximate surface area is 221 Å². The third kappa shape index (κ3) is 5.64. The fourth-order valence-electron chi connectivity index (χ4n) is 4.02. The van der Waals surface area contributed by atoms with E-state index in [9.17, 15) is 47.9 Å². The molecule has 3 aromatic carbocycles. The van der Waals surface area contributed by atoms with Gasteiger partial charge in [-0.1, -0.05) is 12.1 Å². The van der Waals surface area contributed by atoms with E-state index in [1.807, 2.05) is 0 Å². The predicted octanol–water partition coefficient (Wildman–Crippen LogP) is 6.82. The van der Waals surface area contributed by atoms with Gasteiger partial charge in [0.2, 0.25) is 34.8 Å². The zero-order chi connectivity index (χ0) is 29.4. The van der Waals surface area contributed by atoms with Crippen LogP contribution in [-0.2, 0) is 16.3 Å². The molecule has 0 radical (unpaired) electrons. The summed E-state index contributed by atoms with van der Waals surface area (Å²) in [6.45, 7) is -1.03. The molecule has 15 heteroatoms. The molecule has 0 aromatic heterocycles. The summed E-state index contributed by atoms with van der Waals surface area (Å²) < 4.78 is 161.